The lowest BCUT2D eigenvalue weighted by Crippen LogP contribution is -2.20. The van der Waals surface area contributed by atoms with E-state index in [-0.39, 0.29) is 17.4 Å². The fourth-order valence-electron chi connectivity index (χ4n) is 4.58. The number of fused-ring (bicyclic) bond motifs is 2. The van der Waals surface area contributed by atoms with E-state index in [0.717, 1.165) is 12.3 Å². The number of aromatic amines is 2. The predicted octanol–water partition coefficient (Wildman–Crippen LogP) is 4.36. The van der Waals surface area contributed by atoms with Crippen molar-refractivity contribution in [2.45, 2.75) is 19.2 Å². The van der Waals surface area contributed by atoms with Crippen molar-refractivity contribution in [1.29, 1.82) is 0 Å². The highest BCUT2D eigenvalue weighted by molar-refractivity contribution is 7.90. The number of carbonyl (C=O) groups is 1. The number of aromatic nitrogens is 7. The molecule has 1 atom stereocenters. The number of hydrogen-bond acceptors (Lipinski definition) is 9. The third kappa shape index (κ3) is 5.45. The van der Waals surface area contributed by atoms with Gasteiger partial charge >= 0.3 is 0 Å². The largest absolute Gasteiger partial charge is 0.336 e. The first-order valence-corrected chi connectivity index (χ1v) is 15.1. The third-order valence-electron chi connectivity index (χ3n) is 6.84. The van der Waals surface area contributed by atoms with E-state index in [1.54, 1.807) is 24.5 Å². The van der Waals surface area contributed by atoms with Gasteiger partial charge < -0.3 is 16.0 Å². The van der Waals surface area contributed by atoms with Gasteiger partial charge in [0.2, 0.25) is 5.91 Å². The number of rotatable bonds is 7. The first-order chi connectivity index (χ1) is 20.5. The highest BCUT2D eigenvalue weighted by Gasteiger charge is 2.22. The molecule has 218 valence electrons. The molecule has 0 aliphatic heterocycles. The average molecular weight is 600 g/mol. The molecule has 0 saturated heterocycles. The number of sulfone groups is 1. The molecule has 12 nitrogen and oxygen atoms in total. The van der Waals surface area contributed by atoms with Crippen LogP contribution < -0.4 is 11.1 Å². The van der Waals surface area contributed by atoms with E-state index in [1.807, 2.05) is 26.0 Å². The molecule has 0 spiro atoms. The van der Waals surface area contributed by atoms with E-state index in [0.29, 0.717) is 61.8 Å². The molecule has 0 aliphatic carbocycles. The van der Waals surface area contributed by atoms with Crippen LogP contribution in [0.25, 0.3) is 56.1 Å². The number of amides is 1. The second kappa shape index (κ2) is 10.6. The Hall–Kier alpha value is -5.08. The topological polar surface area (TPSA) is 185 Å². The molecule has 1 amide bonds. The number of H-pyrrole nitrogens is 2. The Bertz CT molecular complexity index is 2140. The van der Waals surface area contributed by atoms with Crippen molar-refractivity contribution in [2.75, 3.05) is 11.6 Å². The van der Waals surface area contributed by atoms with Crippen LogP contribution in [0.3, 0.4) is 0 Å². The van der Waals surface area contributed by atoms with E-state index in [1.165, 1.54) is 18.3 Å². The molecule has 5 heterocycles. The van der Waals surface area contributed by atoms with Gasteiger partial charge in [-0.05, 0) is 48.0 Å². The summed E-state index contributed by atoms with van der Waals surface area (Å²) in [5.74, 6) is -0.565. The molecule has 5 aromatic heterocycles. The van der Waals surface area contributed by atoms with Gasteiger partial charge in [-0.25, -0.2) is 22.8 Å². The summed E-state index contributed by atoms with van der Waals surface area (Å²) in [5.41, 5.74) is 11.2. The van der Waals surface area contributed by atoms with Gasteiger partial charge in [-0.1, -0.05) is 13.8 Å². The van der Waals surface area contributed by atoms with E-state index < -0.39 is 21.0 Å². The number of halogens is 1. The van der Waals surface area contributed by atoms with Crippen molar-refractivity contribution in [1.82, 2.24) is 35.1 Å². The number of hydrogen-bond donors (Lipinski definition) is 4. The van der Waals surface area contributed by atoms with Crippen molar-refractivity contribution >= 4 is 43.5 Å². The van der Waals surface area contributed by atoms with Gasteiger partial charge in [0.05, 0.1) is 34.3 Å². The Morgan fingerprint density at radius 3 is 2.53 bits per heavy atom. The number of benzene rings is 1. The maximum Gasteiger partial charge on any atom is 0.226 e. The lowest BCUT2D eigenvalue weighted by Gasteiger charge is -2.12. The minimum atomic E-state index is -3.67. The van der Waals surface area contributed by atoms with Gasteiger partial charge in [-0.2, -0.15) is 5.10 Å². The SMILES string of the molecule is CC(C)C(=O)Nc1cncc(-c2ccc3[nH]nc(-c4nc5c(-c6cc(F)cc(C(N)S(C)(=O)=O)c6)nccc5[nH]4)c3n2)c1. The summed E-state index contributed by atoms with van der Waals surface area (Å²) in [5, 5.41) is 8.85. The van der Waals surface area contributed by atoms with Gasteiger partial charge in [-0.3, -0.25) is 19.9 Å². The monoisotopic (exact) mass is 599 g/mol. The van der Waals surface area contributed by atoms with Gasteiger partial charge in [0, 0.05) is 35.7 Å². The van der Waals surface area contributed by atoms with Crippen LogP contribution in [0, 0.1) is 11.7 Å². The van der Waals surface area contributed by atoms with Crippen LogP contribution in [0.15, 0.2) is 61.1 Å². The van der Waals surface area contributed by atoms with Crippen molar-refractivity contribution in [3.8, 4) is 34.0 Å². The van der Waals surface area contributed by atoms with Gasteiger partial charge in [0.1, 0.15) is 22.2 Å². The Labute approximate surface area is 244 Å². The van der Waals surface area contributed by atoms with Crippen molar-refractivity contribution in [2.24, 2.45) is 11.7 Å². The number of nitrogens with one attached hydrogen (secondary N) is 3. The molecular formula is C29H26FN9O3S. The average Bonchev–Trinajstić information content (AvgIpc) is 3.59. The molecule has 14 heteroatoms. The van der Waals surface area contributed by atoms with E-state index in [2.05, 4.69) is 30.5 Å². The fraction of sp³-hybridized carbons (Fsp3) is 0.172. The lowest BCUT2D eigenvalue weighted by atomic mass is 10.1. The summed E-state index contributed by atoms with van der Waals surface area (Å²) >= 11 is 0. The van der Waals surface area contributed by atoms with E-state index in [9.17, 15) is 17.6 Å². The number of anilines is 1. The Kier molecular flexibility index (Phi) is 6.94. The predicted molar refractivity (Wildman–Crippen MR) is 161 cm³/mol. The molecular weight excluding hydrogens is 573 g/mol. The quantitative estimate of drug-likeness (QED) is 0.207. The minimum Gasteiger partial charge on any atom is -0.336 e. The minimum absolute atomic E-state index is 0.101. The van der Waals surface area contributed by atoms with Crippen LogP contribution in [0.2, 0.25) is 0 Å². The smallest absolute Gasteiger partial charge is 0.226 e. The van der Waals surface area contributed by atoms with Crippen molar-refractivity contribution < 1.29 is 17.6 Å². The van der Waals surface area contributed by atoms with Crippen molar-refractivity contribution in [3.05, 3.63) is 72.4 Å². The molecule has 43 heavy (non-hydrogen) atoms. The fourth-order valence-corrected chi connectivity index (χ4v) is 5.21. The van der Waals surface area contributed by atoms with Crippen molar-refractivity contribution in [3.63, 3.8) is 0 Å². The molecule has 0 fully saturated rings. The van der Waals surface area contributed by atoms with Gasteiger partial charge in [0.15, 0.2) is 21.4 Å². The molecule has 5 N–H and O–H groups in total. The Morgan fingerprint density at radius 1 is 0.977 bits per heavy atom. The summed E-state index contributed by atoms with van der Waals surface area (Å²) in [7, 11) is -3.67. The zero-order chi connectivity index (χ0) is 30.5. The highest BCUT2D eigenvalue weighted by atomic mass is 32.2. The standard InChI is InChI=1S/C29H26FN9O3S/c1-14(2)29(40)34-19-11-17(12-32-13-19)20-4-5-22-25(35-20)26(39-38-22)28-36-21-6-7-33-23(24(21)37-28)15-8-16(10-18(30)9-15)27(31)43(3,41)42/h4-14,27H,31H2,1-3H3,(H,34,40)(H,36,37)(H,38,39). The molecule has 0 radical (unpaired) electrons. The van der Waals surface area contributed by atoms with Crippen LogP contribution in [0.1, 0.15) is 24.8 Å². The van der Waals surface area contributed by atoms with Crippen LogP contribution in [-0.4, -0.2) is 55.7 Å². The second-order valence-corrected chi connectivity index (χ2v) is 12.6. The van der Waals surface area contributed by atoms with Crippen LogP contribution in [0.5, 0.6) is 0 Å². The molecule has 6 aromatic rings. The Morgan fingerprint density at radius 2 is 1.77 bits per heavy atom. The third-order valence-corrected chi connectivity index (χ3v) is 8.04. The normalized spacial score (nSPS) is 12.7. The summed E-state index contributed by atoms with van der Waals surface area (Å²) in [6.45, 7) is 3.62. The van der Waals surface area contributed by atoms with Crippen LogP contribution >= 0.6 is 0 Å². The molecule has 0 bridgehead atoms. The van der Waals surface area contributed by atoms with E-state index in [4.69, 9.17) is 15.7 Å². The molecule has 0 aliphatic rings. The summed E-state index contributed by atoms with van der Waals surface area (Å²) in [4.78, 5) is 33.6. The zero-order valence-corrected chi connectivity index (χ0v) is 24.1. The molecule has 1 aromatic carbocycles. The number of nitrogens with zero attached hydrogens (tertiary/aromatic N) is 5. The summed E-state index contributed by atoms with van der Waals surface area (Å²) in [6, 6.07) is 11.0. The molecule has 1 unspecified atom stereocenters. The lowest BCUT2D eigenvalue weighted by molar-refractivity contribution is -0.118. The van der Waals surface area contributed by atoms with Gasteiger partial charge in [0.25, 0.3) is 0 Å². The van der Waals surface area contributed by atoms with Crippen LogP contribution in [-0.2, 0) is 14.6 Å². The first kappa shape index (κ1) is 28.1. The maximum absolute atomic E-state index is 14.6. The van der Waals surface area contributed by atoms with Crippen LogP contribution in [0.4, 0.5) is 10.1 Å². The number of carbonyl (C=O) groups excluding carboxylic acids is 1. The number of pyridine rings is 3. The van der Waals surface area contributed by atoms with Gasteiger partial charge in [-0.15, -0.1) is 0 Å². The molecule has 6 rings (SSSR count). The first-order valence-electron chi connectivity index (χ1n) is 13.2. The molecule has 0 saturated carbocycles. The summed E-state index contributed by atoms with van der Waals surface area (Å²) in [6.07, 6.45) is 5.76. The number of nitrogens with two attached hydrogens (primary N) is 1. The highest BCUT2D eigenvalue weighted by Crippen LogP contribution is 2.32. The zero-order valence-electron chi connectivity index (χ0n) is 23.3. The summed E-state index contributed by atoms with van der Waals surface area (Å²) < 4.78 is 38.7. The number of imidazole rings is 1. The maximum atomic E-state index is 14.6. The van der Waals surface area contributed by atoms with E-state index >= 15 is 0 Å². The second-order valence-electron chi connectivity index (χ2n) is 10.4. The Balaban J connectivity index is 1.41.